The van der Waals surface area contributed by atoms with Crippen molar-refractivity contribution in [2.75, 3.05) is 0 Å². The van der Waals surface area contributed by atoms with E-state index in [0.717, 1.165) is 11.4 Å². The molecule has 0 saturated carbocycles. The Hall–Kier alpha value is -2.33. The quantitative estimate of drug-likeness (QED) is 0.753. The molecule has 0 aliphatic rings. The highest BCUT2D eigenvalue weighted by Gasteiger charge is 2.32. The van der Waals surface area contributed by atoms with Crippen LogP contribution in [0.2, 0.25) is 0 Å². The maximum absolute atomic E-state index is 12.6. The summed E-state index contributed by atoms with van der Waals surface area (Å²) in [5, 5.41) is 21.1. The van der Waals surface area contributed by atoms with Gasteiger partial charge in [0.15, 0.2) is 11.0 Å². The minimum atomic E-state index is -0.889. The molecule has 0 spiro atoms. The zero-order valence-electron chi connectivity index (χ0n) is 15.9. The average molecular weight is 372 g/mol. The number of hydrogen-bond acceptors (Lipinski definition) is 5. The Labute approximate surface area is 159 Å². The minimum Gasteiger partial charge on any atom is -0.337 e. The molecule has 1 N–H and O–H groups in total. The predicted octanol–water partition coefficient (Wildman–Crippen LogP) is 3.50. The molecule has 0 radical (unpaired) electrons. The Morgan fingerprint density at radius 1 is 1.31 bits per heavy atom. The van der Waals surface area contributed by atoms with E-state index in [1.807, 2.05) is 62.6 Å². The lowest BCUT2D eigenvalue weighted by atomic mass is 9.90. The number of nitriles is 1. The SMILES string of the molecule is CCn1c(S[C@@H](C)C(=O)N[C@@](C)(C#N)C(C)C)nnc1-c1ccccc1. The van der Waals surface area contributed by atoms with E-state index in [1.54, 1.807) is 6.92 Å². The van der Waals surface area contributed by atoms with Crippen LogP contribution in [0.4, 0.5) is 0 Å². The fourth-order valence-corrected chi connectivity index (χ4v) is 3.25. The third kappa shape index (κ3) is 4.25. The topological polar surface area (TPSA) is 83.6 Å². The smallest absolute Gasteiger partial charge is 0.234 e. The van der Waals surface area contributed by atoms with Gasteiger partial charge in [-0.3, -0.25) is 4.79 Å². The van der Waals surface area contributed by atoms with Crippen LogP contribution in [-0.2, 0) is 11.3 Å². The van der Waals surface area contributed by atoms with Gasteiger partial charge in [0.25, 0.3) is 0 Å². The van der Waals surface area contributed by atoms with E-state index in [-0.39, 0.29) is 17.1 Å². The molecule has 1 aromatic carbocycles. The van der Waals surface area contributed by atoms with Gasteiger partial charge in [0.1, 0.15) is 5.54 Å². The minimum absolute atomic E-state index is 0.0117. The molecule has 0 bridgehead atoms. The third-order valence-corrected chi connectivity index (χ3v) is 5.57. The molecule has 26 heavy (non-hydrogen) atoms. The highest BCUT2D eigenvalue weighted by molar-refractivity contribution is 8.00. The first-order valence-electron chi connectivity index (χ1n) is 8.71. The standard InChI is InChI=1S/C19H25N5OS/c1-6-24-16(15-10-8-7-9-11-15)22-23-18(24)26-14(4)17(25)21-19(5,12-20)13(2)3/h7-11,13-14H,6H2,1-5H3,(H,21,25)/t14-,19-/m0/s1. The maximum atomic E-state index is 12.6. The maximum Gasteiger partial charge on any atom is 0.234 e. The van der Waals surface area contributed by atoms with Gasteiger partial charge in [-0.15, -0.1) is 10.2 Å². The molecule has 1 amide bonds. The molecule has 2 atom stereocenters. The van der Waals surface area contributed by atoms with Crippen LogP contribution in [0.3, 0.4) is 0 Å². The summed E-state index contributed by atoms with van der Waals surface area (Å²) in [6, 6.07) is 12.1. The van der Waals surface area contributed by atoms with Crippen LogP contribution in [0.5, 0.6) is 0 Å². The number of nitrogens with zero attached hydrogens (tertiary/aromatic N) is 4. The van der Waals surface area contributed by atoms with E-state index in [4.69, 9.17) is 0 Å². The van der Waals surface area contributed by atoms with Crippen molar-refractivity contribution in [2.45, 2.75) is 57.1 Å². The summed E-state index contributed by atoms with van der Waals surface area (Å²) in [7, 11) is 0. The Kier molecular flexibility index (Phi) is 6.43. The number of nitrogens with one attached hydrogen (secondary N) is 1. The Morgan fingerprint density at radius 3 is 2.50 bits per heavy atom. The van der Waals surface area contributed by atoms with Crippen molar-refractivity contribution in [1.29, 1.82) is 5.26 Å². The Bertz CT molecular complexity index is 796. The molecule has 2 rings (SSSR count). The van der Waals surface area contributed by atoms with Crippen LogP contribution >= 0.6 is 11.8 Å². The molecule has 0 unspecified atom stereocenters. The molecular formula is C19H25N5OS. The predicted molar refractivity (Wildman–Crippen MR) is 103 cm³/mol. The van der Waals surface area contributed by atoms with Gasteiger partial charge in [0.2, 0.25) is 5.91 Å². The van der Waals surface area contributed by atoms with Crippen molar-refractivity contribution >= 4 is 17.7 Å². The van der Waals surface area contributed by atoms with Crippen molar-refractivity contribution in [2.24, 2.45) is 5.92 Å². The van der Waals surface area contributed by atoms with Crippen molar-refractivity contribution in [3.05, 3.63) is 30.3 Å². The lowest BCUT2D eigenvalue weighted by molar-refractivity contribution is -0.121. The molecule has 138 valence electrons. The number of rotatable bonds is 7. The first-order chi connectivity index (χ1) is 12.3. The lowest BCUT2D eigenvalue weighted by Crippen LogP contribution is -2.51. The second-order valence-corrected chi connectivity index (χ2v) is 7.94. The van der Waals surface area contributed by atoms with E-state index in [9.17, 15) is 10.1 Å². The lowest BCUT2D eigenvalue weighted by Gasteiger charge is -2.28. The van der Waals surface area contributed by atoms with Gasteiger partial charge in [-0.25, -0.2) is 0 Å². The van der Waals surface area contributed by atoms with Crippen LogP contribution in [0.1, 0.15) is 34.6 Å². The third-order valence-electron chi connectivity index (χ3n) is 4.49. The molecule has 0 fully saturated rings. The summed E-state index contributed by atoms with van der Waals surface area (Å²) in [6.45, 7) is 10.1. The fourth-order valence-electron chi connectivity index (χ4n) is 2.33. The molecule has 2 aromatic rings. The number of amides is 1. The van der Waals surface area contributed by atoms with E-state index in [0.29, 0.717) is 11.7 Å². The van der Waals surface area contributed by atoms with Crippen LogP contribution in [0, 0.1) is 17.2 Å². The Balaban J connectivity index is 2.17. The van der Waals surface area contributed by atoms with E-state index >= 15 is 0 Å². The molecule has 1 heterocycles. The van der Waals surface area contributed by atoms with Crippen molar-refractivity contribution in [3.8, 4) is 17.5 Å². The first kappa shape index (κ1) is 20.0. The number of carbonyl (C=O) groups is 1. The van der Waals surface area contributed by atoms with Crippen LogP contribution in [-0.4, -0.2) is 31.5 Å². The van der Waals surface area contributed by atoms with Gasteiger partial charge in [0.05, 0.1) is 11.3 Å². The molecule has 7 heteroatoms. The number of hydrogen-bond donors (Lipinski definition) is 1. The fraction of sp³-hybridized carbons (Fsp3) is 0.474. The number of thioether (sulfide) groups is 1. The van der Waals surface area contributed by atoms with Crippen LogP contribution in [0.25, 0.3) is 11.4 Å². The van der Waals surface area contributed by atoms with Crippen molar-refractivity contribution in [3.63, 3.8) is 0 Å². The normalized spacial score (nSPS) is 14.5. The number of benzene rings is 1. The van der Waals surface area contributed by atoms with Gasteiger partial charge >= 0.3 is 0 Å². The van der Waals surface area contributed by atoms with Gasteiger partial charge in [-0.2, -0.15) is 5.26 Å². The van der Waals surface area contributed by atoms with E-state index in [2.05, 4.69) is 21.6 Å². The molecule has 0 saturated heterocycles. The van der Waals surface area contributed by atoms with E-state index in [1.165, 1.54) is 11.8 Å². The largest absolute Gasteiger partial charge is 0.337 e. The number of aromatic nitrogens is 3. The number of carbonyl (C=O) groups excluding carboxylic acids is 1. The van der Waals surface area contributed by atoms with Crippen LogP contribution < -0.4 is 5.32 Å². The summed E-state index contributed by atoms with van der Waals surface area (Å²) in [5.74, 6) is 0.615. The Morgan fingerprint density at radius 2 is 1.96 bits per heavy atom. The van der Waals surface area contributed by atoms with Gasteiger partial charge in [0, 0.05) is 12.1 Å². The molecule has 0 aliphatic carbocycles. The summed E-state index contributed by atoms with van der Waals surface area (Å²) in [4.78, 5) is 12.6. The highest BCUT2D eigenvalue weighted by atomic mass is 32.2. The van der Waals surface area contributed by atoms with Gasteiger partial charge < -0.3 is 9.88 Å². The average Bonchev–Trinajstić information content (AvgIpc) is 3.04. The summed E-state index contributed by atoms with van der Waals surface area (Å²) >= 11 is 1.35. The highest BCUT2D eigenvalue weighted by Crippen LogP contribution is 2.27. The second-order valence-electron chi connectivity index (χ2n) is 6.63. The second kappa shape index (κ2) is 8.37. The van der Waals surface area contributed by atoms with Crippen molar-refractivity contribution in [1.82, 2.24) is 20.1 Å². The van der Waals surface area contributed by atoms with Gasteiger partial charge in [-0.1, -0.05) is 55.9 Å². The molecule has 1 aromatic heterocycles. The molecule has 0 aliphatic heterocycles. The summed E-state index contributed by atoms with van der Waals surface area (Å²) in [6.07, 6.45) is 0. The monoisotopic (exact) mass is 371 g/mol. The summed E-state index contributed by atoms with van der Waals surface area (Å²) in [5.41, 5.74) is 0.0992. The van der Waals surface area contributed by atoms with E-state index < -0.39 is 5.54 Å². The summed E-state index contributed by atoms with van der Waals surface area (Å²) < 4.78 is 2.00. The van der Waals surface area contributed by atoms with Crippen LogP contribution in [0.15, 0.2) is 35.5 Å². The molecular weight excluding hydrogens is 346 g/mol. The molecule has 6 nitrogen and oxygen atoms in total. The zero-order valence-corrected chi connectivity index (χ0v) is 16.7. The van der Waals surface area contributed by atoms with Gasteiger partial charge in [-0.05, 0) is 26.7 Å². The van der Waals surface area contributed by atoms with Crippen molar-refractivity contribution < 1.29 is 4.79 Å². The zero-order chi connectivity index (χ0) is 19.3. The first-order valence-corrected chi connectivity index (χ1v) is 9.59.